The Balaban J connectivity index is 2.24. The van der Waals surface area contributed by atoms with E-state index in [9.17, 15) is 19.2 Å². The predicted octanol–water partition coefficient (Wildman–Crippen LogP) is 1.02. The molecule has 0 N–H and O–H groups in total. The Hall–Kier alpha value is -0.460. The fourth-order valence-electron chi connectivity index (χ4n) is 2.23. The molecular weight excluding hydrogens is 234 g/mol. The van der Waals surface area contributed by atoms with Crippen LogP contribution in [0.15, 0.2) is 0 Å². The van der Waals surface area contributed by atoms with Crippen LogP contribution in [0.4, 0.5) is 0 Å². The van der Waals surface area contributed by atoms with Gasteiger partial charge in [-0.2, -0.15) is 0 Å². The zero-order valence-corrected chi connectivity index (χ0v) is 9.96. The van der Waals surface area contributed by atoms with Gasteiger partial charge in [-0.1, -0.05) is 0 Å². The van der Waals surface area contributed by atoms with Gasteiger partial charge in [-0.3, -0.25) is 19.2 Å². The highest BCUT2D eigenvalue weighted by molar-refractivity contribution is 7.74. The zero-order valence-electron chi connectivity index (χ0n) is 7.96. The van der Waals surface area contributed by atoms with Gasteiger partial charge >= 0.3 is 0 Å². The first-order valence-corrected chi connectivity index (χ1v) is 6.64. The van der Waals surface area contributed by atoms with Crippen LogP contribution in [0.25, 0.3) is 0 Å². The number of hydrogen-bond donors (Lipinski definition) is 0. The van der Waals surface area contributed by atoms with Crippen molar-refractivity contribution < 1.29 is 19.2 Å². The van der Waals surface area contributed by atoms with Crippen LogP contribution in [0.5, 0.6) is 0 Å². The first-order valence-electron chi connectivity index (χ1n) is 4.64. The maximum absolute atomic E-state index is 11.3. The lowest BCUT2D eigenvalue weighted by molar-refractivity contribution is -0.125. The summed E-state index contributed by atoms with van der Waals surface area (Å²) in [4.78, 5) is 45.3. The smallest absolute Gasteiger partial charge is 0.159 e. The molecule has 2 rings (SSSR count). The van der Waals surface area contributed by atoms with Crippen molar-refractivity contribution in [2.24, 2.45) is 5.41 Å². The fraction of sp³-hybridized carbons (Fsp3) is 0.556. The van der Waals surface area contributed by atoms with Gasteiger partial charge < -0.3 is 0 Å². The second kappa shape index (κ2) is 3.84. The van der Waals surface area contributed by atoms with E-state index in [0.29, 0.717) is 0 Å². The molecule has 0 atom stereocenters. The number of hydrogen-bond acceptors (Lipinski definition) is 4. The Morgan fingerprint density at radius 2 is 0.933 bits per heavy atom. The molecule has 0 aromatic rings. The van der Waals surface area contributed by atoms with Crippen LogP contribution in [-0.4, -0.2) is 22.1 Å². The molecule has 2 heterocycles. The van der Waals surface area contributed by atoms with Gasteiger partial charge in [0.05, 0.1) is 0 Å². The van der Waals surface area contributed by atoms with Crippen molar-refractivity contribution in [3.8, 4) is 0 Å². The summed E-state index contributed by atoms with van der Waals surface area (Å²) in [6, 6.07) is 0. The number of carbonyl (C=O) groups is 4. The van der Waals surface area contributed by atoms with Crippen LogP contribution < -0.4 is 0 Å². The highest BCUT2D eigenvalue weighted by Gasteiger charge is 2.45. The molecule has 15 heavy (non-hydrogen) atoms. The van der Waals surface area contributed by atoms with E-state index >= 15 is 0 Å². The van der Waals surface area contributed by atoms with Gasteiger partial charge in [-0.05, 0) is 5.41 Å². The second-order valence-electron chi connectivity index (χ2n) is 4.15. The minimum Gasteiger partial charge on any atom is -0.294 e. The van der Waals surface area contributed by atoms with Crippen LogP contribution in [0.1, 0.15) is 25.7 Å². The lowest BCUT2D eigenvalue weighted by Gasteiger charge is -2.36. The average molecular weight is 244 g/mol. The lowest BCUT2D eigenvalue weighted by atomic mass is 9.76. The van der Waals surface area contributed by atoms with Gasteiger partial charge in [-0.15, -0.1) is 0 Å². The molecule has 0 aliphatic carbocycles. The van der Waals surface area contributed by atoms with Gasteiger partial charge in [0.2, 0.25) is 0 Å². The van der Waals surface area contributed by atoms with Gasteiger partial charge in [0, 0.05) is 42.8 Å². The van der Waals surface area contributed by atoms with E-state index in [1.807, 2.05) is 0 Å². The molecule has 6 heteroatoms. The monoisotopic (exact) mass is 244 g/mol. The van der Waals surface area contributed by atoms with Crippen molar-refractivity contribution in [3.05, 3.63) is 0 Å². The van der Waals surface area contributed by atoms with Crippen molar-refractivity contribution >= 4 is 39.3 Å². The van der Waals surface area contributed by atoms with Gasteiger partial charge in [0.25, 0.3) is 0 Å². The van der Waals surface area contributed by atoms with Crippen molar-refractivity contribution in [3.63, 3.8) is 0 Å². The van der Waals surface area contributed by atoms with E-state index < -0.39 is 5.41 Å². The topological polar surface area (TPSA) is 68.3 Å². The van der Waals surface area contributed by atoms with Crippen molar-refractivity contribution in [2.45, 2.75) is 25.7 Å². The second-order valence-corrected chi connectivity index (χ2v) is 6.88. The van der Waals surface area contributed by atoms with Crippen LogP contribution in [0, 0.1) is 5.41 Å². The van der Waals surface area contributed by atoms with E-state index in [1.54, 1.807) is 0 Å². The van der Waals surface area contributed by atoms with E-state index in [4.69, 9.17) is 0 Å². The first-order chi connectivity index (χ1) is 6.99. The molecule has 80 valence electrons. The molecule has 0 aromatic heterocycles. The summed E-state index contributed by atoms with van der Waals surface area (Å²) in [6.07, 6.45) is 0.941. The van der Waals surface area contributed by atoms with E-state index in [1.165, 1.54) is 0 Å². The Kier molecular flexibility index (Phi) is 2.83. The summed E-state index contributed by atoms with van der Waals surface area (Å²) in [7, 11) is -0.533. The minimum atomic E-state index is -0.640. The third-order valence-electron chi connectivity index (χ3n) is 2.70. The number of rotatable bonds is 0. The molecule has 0 saturated carbocycles. The van der Waals surface area contributed by atoms with Crippen molar-refractivity contribution in [2.75, 3.05) is 0 Å². The predicted molar refractivity (Wildman–Crippen MR) is 57.6 cm³/mol. The molecule has 0 aromatic carbocycles. The first kappa shape index (κ1) is 11.0. The molecular formula is C9H10O4P2. The normalized spacial score (nSPS) is 35.7. The van der Waals surface area contributed by atoms with E-state index in [2.05, 4.69) is 0 Å². The lowest BCUT2D eigenvalue weighted by Crippen LogP contribution is -2.36. The Labute approximate surface area is 90.1 Å². The summed E-state index contributed by atoms with van der Waals surface area (Å²) in [5.41, 5.74) is -1.04. The van der Waals surface area contributed by atoms with Crippen LogP contribution in [0.3, 0.4) is 0 Å². The van der Waals surface area contributed by atoms with Crippen molar-refractivity contribution in [1.29, 1.82) is 0 Å². The SMILES string of the molecule is O=C1CC2(CC(=O)P1)CC(=O)PC(=O)C2. The summed E-state index contributed by atoms with van der Waals surface area (Å²) in [6.45, 7) is 0. The maximum Gasteiger partial charge on any atom is 0.159 e. The number of carbonyl (C=O) groups excluding carboxylic acids is 4. The Morgan fingerprint density at radius 3 is 1.20 bits per heavy atom. The quantitative estimate of drug-likeness (QED) is 0.596. The summed E-state index contributed by atoms with van der Waals surface area (Å²) >= 11 is 0. The molecule has 1 spiro atoms. The average Bonchev–Trinajstić information content (AvgIpc) is 1.96. The molecule has 2 aliphatic rings. The molecule has 0 bridgehead atoms. The molecule has 0 amide bonds. The molecule has 0 unspecified atom stereocenters. The fourth-order valence-corrected chi connectivity index (χ4v) is 4.70. The van der Waals surface area contributed by atoms with Crippen molar-refractivity contribution in [1.82, 2.24) is 0 Å². The third-order valence-corrected chi connectivity index (χ3v) is 4.52. The molecule has 2 saturated heterocycles. The van der Waals surface area contributed by atoms with E-state index in [-0.39, 0.29) is 64.9 Å². The van der Waals surface area contributed by atoms with Crippen LogP contribution in [0.2, 0.25) is 0 Å². The molecule has 0 radical (unpaired) electrons. The largest absolute Gasteiger partial charge is 0.294 e. The Bertz CT molecular complexity index is 303. The maximum atomic E-state index is 11.3. The third kappa shape index (κ3) is 2.38. The van der Waals surface area contributed by atoms with Gasteiger partial charge in [0.1, 0.15) is 0 Å². The highest BCUT2D eigenvalue weighted by Crippen LogP contribution is 2.50. The molecule has 2 fully saturated rings. The summed E-state index contributed by atoms with van der Waals surface area (Å²) in [5, 5.41) is 0. The highest BCUT2D eigenvalue weighted by atomic mass is 31.1. The van der Waals surface area contributed by atoms with Crippen LogP contribution >= 0.6 is 17.2 Å². The van der Waals surface area contributed by atoms with Gasteiger partial charge in [0.15, 0.2) is 22.1 Å². The standard InChI is InChI=1S/C9H10O4P2/c10-5-1-9(2-6(11)14-5)3-7(12)15-8(13)4-9/h14-15H,1-4H2. The van der Waals surface area contributed by atoms with E-state index in [0.717, 1.165) is 0 Å². The summed E-state index contributed by atoms with van der Waals surface area (Å²) < 4.78 is 0. The zero-order chi connectivity index (χ0) is 11.1. The minimum absolute atomic E-state index is 0.0999. The Morgan fingerprint density at radius 1 is 0.667 bits per heavy atom. The summed E-state index contributed by atoms with van der Waals surface area (Å²) in [5.74, 6) is 0. The molecule has 4 nitrogen and oxygen atoms in total. The molecule has 2 aliphatic heterocycles. The van der Waals surface area contributed by atoms with Crippen LogP contribution in [-0.2, 0) is 19.2 Å². The van der Waals surface area contributed by atoms with Gasteiger partial charge in [-0.25, -0.2) is 0 Å².